The molecule has 3 aromatic rings. The van der Waals surface area contributed by atoms with Crippen LogP contribution in [0, 0.1) is 5.82 Å². The number of halogens is 6. The van der Waals surface area contributed by atoms with Crippen molar-refractivity contribution in [1.29, 1.82) is 0 Å². The topological polar surface area (TPSA) is 51.0 Å². The Morgan fingerprint density at radius 3 is 2.41 bits per heavy atom. The van der Waals surface area contributed by atoms with Crippen molar-refractivity contribution >= 4 is 22.9 Å². The molecule has 1 aliphatic rings. The molecule has 1 aliphatic heterocycles. The molecule has 0 N–H and O–H groups in total. The lowest BCUT2D eigenvalue weighted by molar-refractivity contribution is -0.134. The van der Waals surface area contributed by atoms with Crippen LogP contribution in [0.5, 0.6) is 0 Å². The molecular formula is C20H14F6N4OS. The van der Waals surface area contributed by atoms with Gasteiger partial charge in [0, 0.05) is 17.0 Å². The maximum Gasteiger partial charge on any atom is 0.425 e. The van der Waals surface area contributed by atoms with Crippen molar-refractivity contribution in [3.63, 3.8) is 0 Å². The quantitative estimate of drug-likeness (QED) is 0.527. The minimum Gasteiger partial charge on any atom is -0.330 e. The number of aromatic nitrogens is 3. The van der Waals surface area contributed by atoms with Gasteiger partial charge in [-0.1, -0.05) is 18.2 Å². The molecule has 0 radical (unpaired) electrons. The van der Waals surface area contributed by atoms with Gasteiger partial charge < -0.3 is 4.90 Å². The fourth-order valence-corrected chi connectivity index (χ4v) is 4.12. The van der Waals surface area contributed by atoms with E-state index in [9.17, 15) is 31.1 Å². The summed E-state index contributed by atoms with van der Waals surface area (Å²) in [5.74, 6) is -4.07. The van der Waals surface area contributed by atoms with Gasteiger partial charge in [-0.25, -0.2) is 14.2 Å². The van der Waals surface area contributed by atoms with Crippen molar-refractivity contribution in [1.82, 2.24) is 14.5 Å². The average Bonchev–Trinajstić information content (AvgIpc) is 3.19. The number of benzene rings is 1. The van der Waals surface area contributed by atoms with E-state index in [1.165, 1.54) is 24.3 Å². The summed E-state index contributed by atoms with van der Waals surface area (Å²) in [6, 6.07) is 6.87. The van der Waals surface area contributed by atoms with Gasteiger partial charge in [0.05, 0.1) is 13.1 Å². The number of thiophene rings is 1. The van der Waals surface area contributed by atoms with Gasteiger partial charge in [-0.15, -0.1) is 11.3 Å². The first-order chi connectivity index (χ1) is 15.0. The summed E-state index contributed by atoms with van der Waals surface area (Å²) >= 11 is 0.493. The predicted molar refractivity (Wildman–Crippen MR) is 106 cm³/mol. The van der Waals surface area contributed by atoms with Crippen LogP contribution in [0.3, 0.4) is 0 Å². The first kappa shape index (κ1) is 22.1. The Kier molecular flexibility index (Phi) is 5.57. The molecule has 0 fully saturated rings. The Morgan fingerprint density at radius 1 is 1.09 bits per heavy atom. The second-order valence-corrected chi connectivity index (χ2v) is 8.21. The molecule has 0 aliphatic carbocycles. The third-order valence-electron chi connectivity index (χ3n) is 4.76. The highest BCUT2D eigenvalue weighted by atomic mass is 32.1. The zero-order valence-corrected chi connectivity index (χ0v) is 16.9. The number of alkyl halides is 5. The van der Waals surface area contributed by atoms with Gasteiger partial charge in [-0.05, 0) is 29.8 Å². The molecule has 0 atom stereocenters. The van der Waals surface area contributed by atoms with E-state index in [-0.39, 0.29) is 35.1 Å². The van der Waals surface area contributed by atoms with Crippen molar-refractivity contribution in [3.05, 3.63) is 80.4 Å². The summed E-state index contributed by atoms with van der Waals surface area (Å²) in [5.41, 5.74) is -0.907. The molecule has 0 amide bonds. The number of nitrogens with zero attached hydrogens (tertiary/aromatic N) is 4. The van der Waals surface area contributed by atoms with Crippen LogP contribution in [0.15, 0.2) is 53.6 Å². The zero-order valence-electron chi connectivity index (χ0n) is 16.1. The average molecular weight is 472 g/mol. The van der Waals surface area contributed by atoms with E-state index in [0.717, 1.165) is 34.0 Å². The number of hydrogen-bond donors (Lipinski definition) is 0. The highest BCUT2D eigenvalue weighted by Crippen LogP contribution is 2.37. The maximum atomic E-state index is 14.7. The molecule has 5 nitrogen and oxygen atoms in total. The molecule has 0 saturated carbocycles. The first-order valence-corrected chi connectivity index (χ1v) is 10.0. The molecule has 0 bridgehead atoms. The molecule has 32 heavy (non-hydrogen) atoms. The summed E-state index contributed by atoms with van der Waals surface area (Å²) in [6.45, 7) is -0.976. The van der Waals surface area contributed by atoms with E-state index >= 15 is 0 Å². The highest BCUT2D eigenvalue weighted by Gasteiger charge is 2.40. The second kappa shape index (κ2) is 8.08. The lowest BCUT2D eigenvalue weighted by atomic mass is 9.96. The lowest BCUT2D eigenvalue weighted by Crippen LogP contribution is -2.43. The maximum absolute atomic E-state index is 14.7. The Labute approximate surface area is 181 Å². The number of hydrogen-bond acceptors (Lipinski definition) is 5. The van der Waals surface area contributed by atoms with Gasteiger partial charge >= 0.3 is 11.9 Å². The lowest BCUT2D eigenvalue weighted by Gasteiger charge is -2.32. The Morgan fingerprint density at radius 2 is 1.81 bits per heavy atom. The Hall–Kier alpha value is -3.15. The molecule has 4 rings (SSSR count). The zero-order chi connectivity index (χ0) is 23.1. The monoisotopic (exact) mass is 472 g/mol. The smallest absolute Gasteiger partial charge is 0.330 e. The normalized spacial score (nSPS) is 16.2. The van der Waals surface area contributed by atoms with Gasteiger partial charge in [0.2, 0.25) is 5.95 Å². The molecule has 2 aromatic heterocycles. The largest absolute Gasteiger partial charge is 0.425 e. The van der Waals surface area contributed by atoms with Crippen LogP contribution >= 0.6 is 11.3 Å². The first-order valence-electron chi connectivity index (χ1n) is 9.22. The van der Waals surface area contributed by atoms with Crippen LogP contribution in [0.25, 0.3) is 5.57 Å². The third-order valence-corrected chi connectivity index (χ3v) is 5.87. The van der Waals surface area contributed by atoms with Gasteiger partial charge in [0.15, 0.2) is 0 Å². The Bertz CT molecular complexity index is 1220. The molecule has 1 aromatic carbocycles. The fraction of sp³-hybridized carbons (Fsp3) is 0.250. The van der Waals surface area contributed by atoms with Gasteiger partial charge in [-0.2, -0.15) is 26.9 Å². The van der Waals surface area contributed by atoms with Gasteiger partial charge in [0.1, 0.15) is 17.0 Å². The standard InChI is InChI=1S/C20H14F6N4OS/c21-13-3-1-12(2-4-13)15-7-8-29(10-19(15,22)23)17-27-11-30(18(31)28-17)9-14-5-6-16(32-14)20(24,25)26/h1-7,11H,8-10H2. The van der Waals surface area contributed by atoms with Crippen LogP contribution in [0.2, 0.25) is 0 Å². The van der Waals surface area contributed by atoms with Crippen LogP contribution < -0.4 is 10.6 Å². The van der Waals surface area contributed by atoms with Crippen LogP contribution in [0.4, 0.5) is 32.3 Å². The van der Waals surface area contributed by atoms with E-state index in [2.05, 4.69) is 9.97 Å². The Balaban J connectivity index is 1.53. The molecule has 0 saturated heterocycles. The van der Waals surface area contributed by atoms with E-state index in [4.69, 9.17) is 0 Å². The molecular weight excluding hydrogens is 458 g/mol. The summed E-state index contributed by atoms with van der Waals surface area (Å²) < 4.78 is 81.7. The van der Waals surface area contributed by atoms with Crippen molar-refractivity contribution in [2.75, 3.05) is 18.0 Å². The third kappa shape index (κ3) is 4.54. The summed E-state index contributed by atoms with van der Waals surface area (Å²) in [4.78, 5) is 20.5. The van der Waals surface area contributed by atoms with Crippen molar-refractivity contribution in [3.8, 4) is 0 Å². The van der Waals surface area contributed by atoms with Gasteiger partial charge in [0.25, 0.3) is 5.92 Å². The molecule has 0 unspecified atom stereocenters. The molecule has 12 heteroatoms. The van der Waals surface area contributed by atoms with Crippen LogP contribution in [0.1, 0.15) is 15.3 Å². The highest BCUT2D eigenvalue weighted by molar-refractivity contribution is 7.12. The fourth-order valence-electron chi connectivity index (χ4n) is 3.24. The molecule has 0 spiro atoms. The minimum atomic E-state index is -4.48. The van der Waals surface area contributed by atoms with Crippen molar-refractivity contribution in [2.45, 2.75) is 18.6 Å². The minimum absolute atomic E-state index is 0.00831. The number of anilines is 1. The van der Waals surface area contributed by atoms with E-state index in [1.807, 2.05) is 0 Å². The number of rotatable bonds is 4. The van der Waals surface area contributed by atoms with Crippen molar-refractivity contribution < 1.29 is 26.3 Å². The van der Waals surface area contributed by atoms with Gasteiger partial charge in [-0.3, -0.25) is 4.57 Å². The van der Waals surface area contributed by atoms with E-state index in [0.29, 0.717) is 11.3 Å². The summed E-state index contributed by atoms with van der Waals surface area (Å²) in [5, 5.41) is 0. The van der Waals surface area contributed by atoms with Crippen LogP contribution in [-0.2, 0) is 12.7 Å². The molecule has 3 heterocycles. The van der Waals surface area contributed by atoms with E-state index in [1.54, 1.807) is 0 Å². The predicted octanol–water partition coefficient (Wildman–Crippen LogP) is 4.44. The summed E-state index contributed by atoms with van der Waals surface area (Å²) in [6.07, 6.45) is -2.15. The second-order valence-electron chi connectivity index (χ2n) is 7.04. The van der Waals surface area contributed by atoms with Crippen LogP contribution in [-0.4, -0.2) is 33.5 Å². The SMILES string of the molecule is O=c1nc(N2CC=C(c3ccc(F)cc3)C(F)(F)C2)ncn1Cc1ccc(C(F)(F)F)s1. The van der Waals surface area contributed by atoms with E-state index < -0.39 is 35.0 Å². The summed E-state index contributed by atoms with van der Waals surface area (Å²) in [7, 11) is 0. The van der Waals surface area contributed by atoms with Crippen molar-refractivity contribution in [2.24, 2.45) is 0 Å². The molecule has 168 valence electrons.